The third-order valence-electron chi connectivity index (χ3n) is 6.44. The summed E-state index contributed by atoms with van der Waals surface area (Å²) >= 11 is 0. The van der Waals surface area contributed by atoms with Crippen LogP contribution in [-0.2, 0) is 4.74 Å². The number of aromatic nitrogens is 3. The van der Waals surface area contributed by atoms with Gasteiger partial charge in [0.05, 0.1) is 36.0 Å². The molecule has 3 aromatic rings. The van der Waals surface area contributed by atoms with Crippen LogP contribution in [-0.4, -0.2) is 69.4 Å². The van der Waals surface area contributed by atoms with E-state index in [2.05, 4.69) is 9.97 Å². The Bertz CT molecular complexity index is 1190. The van der Waals surface area contributed by atoms with Crippen molar-refractivity contribution in [1.29, 1.82) is 0 Å². The number of carbonyl (C=O) groups is 2. The molecule has 8 nitrogen and oxygen atoms in total. The molecular formula is C25H27N5O3. The maximum atomic E-state index is 13.5. The molecule has 5 rings (SSSR count). The lowest BCUT2D eigenvalue weighted by atomic mass is 9.99. The molecule has 2 saturated heterocycles. The topological polar surface area (TPSA) is 88.5 Å². The summed E-state index contributed by atoms with van der Waals surface area (Å²) in [6, 6.07) is 9.24. The summed E-state index contributed by atoms with van der Waals surface area (Å²) in [6.07, 6.45) is 6.13. The fraction of sp³-hybridized carbons (Fsp3) is 0.400. The summed E-state index contributed by atoms with van der Waals surface area (Å²) in [5, 5.41) is 0.940. The molecule has 0 saturated carbocycles. The van der Waals surface area contributed by atoms with Crippen molar-refractivity contribution in [1.82, 2.24) is 24.8 Å². The number of aryl methyl sites for hydroxylation is 1. The predicted molar refractivity (Wildman–Crippen MR) is 123 cm³/mol. The normalized spacial score (nSPS) is 19.0. The summed E-state index contributed by atoms with van der Waals surface area (Å²) in [4.78, 5) is 43.6. The van der Waals surface area contributed by atoms with Crippen LogP contribution < -0.4 is 0 Å². The van der Waals surface area contributed by atoms with Crippen molar-refractivity contribution in [3.63, 3.8) is 0 Å². The van der Waals surface area contributed by atoms with E-state index in [0.29, 0.717) is 55.5 Å². The molecule has 2 fully saturated rings. The number of ether oxygens (including phenoxy) is 1. The second kappa shape index (κ2) is 9.23. The highest BCUT2D eigenvalue weighted by atomic mass is 16.5. The fourth-order valence-corrected chi connectivity index (χ4v) is 4.61. The van der Waals surface area contributed by atoms with Gasteiger partial charge in [-0.25, -0.2) is 9.97 Å². The van der Waals surface area contributed by atoms with Gasteiger partial charge in [-0.05, 0) is 50.5 Å². The summed E-state index contributed by atoms with van der Waals surface area (Å²) in [6.45, 7) is 4.75. The maximum absolute atomic E-state index is 13.5. The highest BCUT2D eigenvalue weighted by Crippen LogP contribution is 2.31. The van der Waals surface area contributed by atoms with Crippen molar-refractivity contribution < 1.29 is 14.3 Å². The fourth-order valence-electron chi connectivity index (χ4n) is 4.61. The van der Waals surface area contributed by atoms with E-state index < -0.39 is 0 Å². The number of benzene rings is 1. The molecular weight excluding hydrogens is 418 g/mol. The number of hydrogen-bond donors (Lipinski definition) is 0. The molecule has 0 N–H and O–H groups in total. The molecule has 2 aliphatic rings. The van der Waals surface area contributed by atoms with Gasteiger partial charge in [0.2, 0.25) is 0 Å². The summed E-state index contributed by atoms with van der Waals surface area (Å²) in [5.74, 6) is 0.505. The first-order valence-corrected chi connectivity index (χ1v) is 11.5. The van der Waals surface area contributed by atoms with E-state index in [9.17, 15) is 9.59 Å². The van der Waals surface area contributed by atoms with Gasteiger partial charge in [-0.1, -0.05) is 6.07 Å². The monoisotopic (exact) mass is 445 g/mol. The van der Waals surface area contributed by atoms with Crippen LogP contribution in [0.4, 0.5) is 0 Å². The van der Waals surface area contributed by atoms with E-state index >= 15 is 0 Å². The third kappa shape index (κ3) is 4.30. The molecule has 8 heteroatoms. The van der Waals surface area contributed by atoms with Crippen LogP contribution in [0.3, 0.4) is 0 Å². The van der Waals surface area contributed by atoms with Gasteiger partial charge in [-0.2, -0.15) is 0 Å². The van der Waals surface area contributed by atoms with Crippen LogP contribution in [0, 0.1) is 6.92 Å². The van der Waals surface area contributed by atoms with Gasteiger partial charge in [0.15, 0.2) is 5.82 Å². The highest BCUT2D eigenvalue weighted by molar-refractivity contribution is 5.98. The predicted octanol–water partition coefficient (Wildman–Crippen LogP) is 3.17. The largest absolute Gasteiger partial charge is 0.378 e. The van der Waals surface area contributed by atoms with Crippen LogP contribution >= 0.6 is 0 Å². The zero-order valence-electron chi connectivity index (χ0n) is 18.7. The summed E-state index contributed by atoms with van der Waals surface area (Å²) in [7, 11) is 0. The number of likely N-dealkylation sites (tertiary alicyclic amines) is 1. The molecule has 0 aliphatic carbocycles. The van der Waals surface area contributed by atoms with Gasteiger partial charge < -0.3 is 14.5 Å². The molecule has 2 aliphatic heterocycles. The van der Waals surface area contributed by atoms with Crippen LogP contribution in [0.2, 0.25) is 0 Å². The van der Waals surface area contributed by atoms with E-state index in [1.54, 1.807) is 17.3 Å². The van der Waals surface area contributed by atoms with Gasteiger partial charge in [-0.3, -0.25) is 14.6 Å². The Morgan fingerprint density at radius 3 is 2.70 bits per heavy atom. The number of amides is 2. The van der Waals surface area contributed by atoms with Gasteiger partial charge in [0, 0.05) is 43.0 Å². The maximum Gasteiger partial charge on any atom is 0.257 e. The molecule has 0 radical (unpaired) electrons. The van der Waals surface area contributed by atoms with Gasteiger partial charge >= 0.3 is 0 Å². The lowest BCUT2D eigenvalue weighted by Gasteiger charge is -2.35. The third-order valence-corrected chi connectivity index (χ3v) is 6.44. The quantitative estimate of drug-likeness (QED) is 0.615. The number of morpholine rings is 1. The molecule has 2 aromatic heterocycles. The van der Waals surface area contributed by atoms with Crippen LogP contribution in [0.5, 0.6) is 0 Å². The SMILES string of the molecule is Cc1nc([C@H]2CCCCN2C(=O)c2ccc3ncccc3c2)ncc1C(=O)N1CCOCC1. The van der Waals surface area contributed by atoms with E-state index in [4.69, 9.17) is 9.72 Å². The number of rotatable bonds is 3. The van der Waals surface area contributed by atoms with Gasteiger partial charge in [0.25, 0.3) is 11.8 Å². The van der Waals surface area contributed by atoms with Gasteiger partial charge in [-0.15, -0.1) is 0 Å². The van der Waals surface area contributed by atoms with E-state index in [1.807, 2.05) is 42.2 Å². The first kappa shape index (κ1) is 21.5. The minimum Gasteiger partial charge on any atom is -0.378 e. The second-order valence-corrected chi connectivity index (χ2v) is 8.55. The van der Waals surface area contributed by atoms with Crippen LogP contribution in [0.25, 0.3) is 10.9 Å². The van der Waals surface area contributed by atoms with Gasteiger partial charge in [0.1, 0.15) is 0 Å². The Kier molecular flexibility index (Phi) is 6.00. The number of piperidine rings is 1. The number of carbonyl (C=O) groups excluding carboxylic acids is 2. The molecule has 0 unspecified atom stereocenters. The smallest absolute Gasteiger partial charge is 0.257 e. The Morgan fingerprint density at radius 1 is 1.03 bits per heavy atom. The minimum absolute atomic E-state index is 0.0276. The molecule has 170 valence electrons. The molecule has 4 heterocycles. The molecule has 0 spiro atoms. The van der Waals surface area contributed by atoms with Crippen molar-refractivity contribution in [3.05, 3.63) is 65.4 Å². The number of fused-ring (bicyclic) bond motifs is 1. The van der Waals surface area contributed by atoms with E-state index in [-0.39, 0.29) is 17.9 Å². The lowest BCUT2D eigenvalue weighted by Crippen LogP contribution is -2.41. The van der Waals surface area contributed by atoms with Crippen molar-refractivity contribution >= 4 is 22.7 Å². The highest BCUT2D eigenvalue weighted by Gasteiger charge is 2.31. The lowest BCUT2D eigenvalue weighted by molar-refractivity contribution is 0.0301. The minimum atomic E-state index is -0.206. The molecule has 1 aromatic carbocycles. The van der Waals surface area contributed by atoms with Crippen molar-refractivity contribution in [3.8, 4) is 0 Å². The first-order chi connectivity index (χ1) is 16.1. The molecule has 2 amide bonds. The second-order valence-electron chi connectivity index (χ2n) is 8.55. The first-order valence-electron chi connectivity index (χ1n) is 11.5. The Hall–Kier alpha value is -3.39. The number of hydrogen-bond acceptors (Lipinski definition) is 6. The van der Waals surface area contributed by atoms with Crippen LogP contribution in [0.15, 0.2) is 42.7 Å². The zero-order valence-corrected chi connectivity index (χ0v) is 18.7. The molecule has 0 bridgehead atoms. The average molecular weight is 446 g/mol. The molecule has 33 heavy (non-hydrogen) atoms. The number of pyridine rings is 1. The molecule has 1 atom stereocenters. The summed E-state index contributed by atoms with van der Waals surface area (Å²) in [5.41, 5.74) is 2.66. The van der Waals surface area contributed by atoms with Crippen LogP contribution in [0.1, 0.15) is 57.5 Å². The van der Waals surface area contributed by atoms with E-state index in [0.717, 1.165) is 30.2 Å². The Labute approximate surface area is 192 Å². The Balaban J connectivity index is 1.40. The van der Waals surface area contributed by atoms with Crippen molar-refractivity contribution in [2.24, 2.45) is 0 Å². The van der Waals surface area contributed by atoms with E-state index in [1.165, 1.54) is 0 Å². The Morgan fingerprint density at radius 2 is 1.88 bits per heavy atom. The standard InChI is InChI=1S/C25H27N5O3/c1-17-20(25(32)29-11-13-33-14-12-29)16-27-23(28-17)22-6-2-3-10-30(22)24(31)19-7-8-21-18(15-19)5-4-9-26-21/h4-5,7-9,15-16,22H,2-3,6,10-14H2,1H3/t22-/m1/s1. The average Bonchev–Trinajstić information content (AvgIpc) is 2.88. The van der Waals surface area contributed by atoms with Crippen molar-refractivity contribution in [2.75, 3.05) is 32.8 Å². The zero-order chi connectivity index (χ0) is 22.8. The number of nitrogens with zero attached hydrogens (tertiary/aromatic N) is 5. The van der Waals surface area contributed by atoms with Crippen molar-refractivity contribution in [2.45, 2.75) is 32.2 Å². The summed E-state index contributed by atoms with van der Waals surface area (Å²) < 4.78 is 5.34.